The molecule has 2 unspecified atom stereocenters. The van der Waals surface area contributed by atoms with Crippen molar-refractivity contribution in [2.45, 2.75) is 19.4 Å². The Kier molecular flexibility index (Phi) is 4.36. The zero-order chi connectivity index (χ0) is 15.0. The van der Waals surface area contributed by atoms with Crippen molar-refractivity contribution in [2.75, 3.05) is 11.9 Å². The number of amides is 1. The number of halogens is 2. The molecule has 0 bridgehead atoms. The molecule has 0 N–H and O–H groups in total. The summed E-state index contributed by atoms with van der Waals surface area (Å²) in [5.41, 5.74) is 0.782. The molecule has 0 aromatic heterocycles. The highest BCUT2D eigenvalue weighted by Gasteiger charge is 2.33. The minimum absolute atomic E-state index is 0.147. The maximum atomic E-state index is 12.8. The Morgan fingerprint density at radius 2 is 1.95 bits per heavy atom. The van der Waals surface area contributed by atoms with Crippen molar-refractivity contribution in [3.05, 3.63) is 46.4 Å². The first-order chi connectivity index (χ1) is 10.1. The zero-order valence-electron chi connectivity index (χ0n) is 11.9. The Balaban J connectivity index is 1.93. The lowest BCUT2D eigenvalue weighted by molar-refractivity contribution is 0.0739. The minimum Gasteiger partial charge on any atom is -0.335 e. The number of carbonyl (C=O) groups is 1. The fourth-order valence-electron chi connectivity index (χ4n) is 3.01. The molecule has 1 aliphatic heterocycles. The number of nitrogens with zero attached hydrogens (tertiary/aromatic N) is 1. The monoisotopic (exact) mass is 409 g/mol. The van der Waals surface area contributed by atoms with Crippen LogP contribution in [0.2, 0.25) is 0 Å². The average Bonchev–Trinajstić information content (AvgIpc) is 2.86. The van der Waals surface area contributed by atoms with Crippen molar-refractivity contribution in [1.82, 2.24) is 4.90 Å². The maximum Gasteiger partial charge on any atom is 0.254 e. The predicted molar refractivity (Wildman–Crippen MR) is 94.0 cm³/mol. The fraction of sp³-hybridized carbons (Fsp3) is 0.353. The molecule has 2 atom stereocenters. The molecule has 0 saturated carbocycles. The van der Waals surface area contributed by atoms with E-state index >= 15 is 0 Å². The molecule has 1 amide bonds. The second-order valence-electron chi connectivity index (χ2n) is 5.69. The number of fused-ring (bicyclic) bond motifs is 1. The topological polar surface area (TPSA) is 20.3 Å². The summed E-state index contributed by atoms with van der Waals surface area (Å²) in [4.78, 5) is 14.8. The van der Waals surface area contributed by atoms with Crippen LogP contribution in [0.15, 0.2) is 40.9 Å². The molecule has 4 heteroatoms. The van der Waals surface area contributed by atoms with Gasteiger partial charge in [0.05, 0.1) is 0 Å². The van der Waals surface area contributed by atoms with Crippen molar-refractivity contribution in [1.29, 1.82) is 0 Å². The standard InChI is InChI=1S/C17H17Br2NO/c1-11-6-7-20(16(11)10-18)17(21)14-3-2-13-9-15(19)5-4-12(13)8-14/h2-5,8-9,11,16H,6-7,10H2,1H3. The predicted octanol–water partition coefficient (Wildman–Crippen LogP) is 4.85. The third-order valence-electron chi connectivity index (χ3n) is 4.35. The molecule has 21 heavy (non-hydrogen) atoms. The van der Waals surface area contributed by atoms with E-state index < -0.39 is 0 Å². The van der Waals surface area contributed by atoms with E-state index in [0.29, 0.717) is 12.0 Å². The first-order valence-corrected chi connectivity index (χ1v) is 9.08. The van der Waals surface area contributed by atoms with Crippen molar-refractivity contribution in [3.8, 4) is 0 Å². The van der Waals surface area contributed by atoms with Gasteiger partial charge < -0.3 is 4.90 Å². The van der Waals surface area contributed by atoms with Gasteiger partial charge in [0.25, 0.3) is 5.91 Å². The Morgan fingerprint density at radius 3 is 2.71 bits per heavy atom. The number of carbonyl (C=O) groups excluding carboxylic acids is 1. The van der Waals surface area contributed by atoms with Gasteiger partial charge in [0.1, 0.15) is 0 Å². The van der Waals surface area contributed by atoms with Gasteiger partial charge in [-0.1, -0.05) is 50.9 Å². The number of hydrogen-bond acceptors (Lipinski definition) is 1. The third-order valence-corrected chi connectivity index (χ3v) is 5.51. The van der Waals surface area contributed by atoms with Crippen molar-refractivity contribution >= 4 is 48.5 Å². The molecule has 0 radical (unpaired) electrons. The van der Waals surface area contributed by atoms with Crippen LogP contribution in [0.25, 0.3) is 10.8 Å². The van der Waals surface area contributed by atoms with E-state index in [1.54, 1.807) is 0 Å². The average molecular weight is 411 g/mol. The van der Waals surface area contributed by atoms with Gasteiger partial charge in [-0.25, -0.2) is 0 Å². The zero-order valence-corrected chi connectivity index (χ0v) is 15.0. The van der Waals surface area contributed by atoms with Gasteiger partial charge in [0, 0.05) is 28.0 Å². The van der Waals surface area contributed by atoms with Crippen LogP contribution >= 0.6 is 31.9 Å². The van der Waals surface area contributed by atoms with Crippen LogP contribution in [-0.2, 0) is 0 Å². The molecule has 1 heterocycles. The van der Waals surface area contributed by atoms with E-state index in [9.17, 15) is 4.79 Å². The summed E-state index contributed by atoms with van der Waals surface area (Å²) in [6.07, 6.45) is 1.09. The normalized spacial score (nSPS) is 22.0. The Labute approximate surface area is 141 Å². The van der Waals surface area contributed by atoms with Gasteiger partial charge in [-0.2, -0.15) is 0 Å². The number of likely N-dealkylation sites (tertiary alicyclic amines) is 1. The Morgan fingerprint density at radius 1 is 1.24 bits per heavy atom. The highest BCUT2D eigenvalue weighted by atomic mass is 79.9. The lowest BCUT2D eigenvalue weighted by atomic mass is 10.0. The van der Waals surface area contributed by atoms with E-state index in [4.69, 9.17) is 0 Å². The summed E-state index contributed by atoms with van der Waals surface area (Å²) in [7, 11) is 0. The summed E-state index contributed by atoms with van der Waals surface area (Å²) in [5.74, 6) is 0.707. The molecule has 3 rings (SSSR count). The summed E-state index contributed by atoms with van der Waals surface area (Å²) in [6, 6.07) is 12.4. The minimum atomic E-state index is 0.147. The van der Waals surface area contributed by atoms with E-state index in [-0.39, 0.29) is 5.91 Å². The summed E-state index contributed by atoms with van der Waals surface area (Å²) in [5, 5.41) is 3.10. The quantitative estimate of drug-likeness (QED) is 0.648. The summed E-state index contributed by atoms with van der Waals surface area (Å²) in [6.45, 7) is 3.08. The SMILES string of the molecule is CC1CCN(C(=O)c2ccc3cc(Br)ccc3c2)C1CBr. The third kappa shape index (κ3) is 2.88. The molecule has 110 valence electrons. The smallest absolute Gasteiger partial charge is 0.254 e. The Bertz CT molecular complexity index is 686. The van der Waals surface area contributed by atoms with Gasteiger partial charge in [-0.15, -0.1) is 0 Å². The van der Waals surface area contributed by atoms with E-state index in [1.807, 2.05) is 35.2 Å². The molecular formula is C17H17Br2NO. The first-order valence-electron chi connectivity index (χ1n) is 7.16. The van der Waals surface area contributed by atoms with Crippen LogP contribution < -0.4 is 0 Å². The second-order valence-corrected chi connectivity index (χ2v) is 7.26. The summed E-state index contributed by atoms with van der Waals surface area (Å²) < 4.78 is 1.06. The van der Waals surface area contributed by atoms with E-state index in [1.165, 1.54) is 0 Å². The van der Waals surface area contributed by atoms with Crippen LogP contribution in [0.5, 0.6) is 0 Å². The molecule has 2 aromatic rings. The van der Waals surface area contributed by atoms with Crippen LogP contribution in [-0.4, -0.2) is 28.7 Å². The van der Waals surface area contributed by atoms with Crippen molar-refractivity contribution in [3.63, 3.8) is 0 Å². The van der Waals surface area contributed by atoms with Crippen molar-refractivity contribution < 1.29 is 4.79 Å². The Hall–Kier alpha value is -0.870. The molecular weight excluding hydrogens is 394 g/mol. The number of hydrogen-bond donors (Lipinski definition) is 0. The largest absolute Gasteiger partial charge is 0.335 e. The fourth-order valence-corrected chi connectivity index (χ4v) is 4.38. The first kappa shape index (κ1) is 15.0. The van der Waals surface area contributed by atoms with Crippen LogP contribution in [0.3, 0.4) is 0 Å². The summed E-state index contributed by atoms with van der Waals surface area (Å²) >= 11 is 7.02. The molecule has 1 fully saturated rings. The molecule has 0 spiro atoms. The molecule has 2 nitrogen and oxygen atoms in total. The van der Waals surface area contributed by atoms with Gasteiger partial charge in [-0.3, -0.25) is 4.79 Å². The number of alkyl halides is 1. The van der Waals surface area contributed by atoms with Crippen molar-refractivity contribution in [2.24, 2.45) is 5.92 Å². The lowest BCUT2D eigenvalue weighted by Gasteiger charge is -2.25. The van der Waals surface area contributed by atoms with Gasteiger partial charge >= 0.3 is 0 Å². The maximum absolute atomic E-state index is 12.8. The van der Waals surface area contributed by atoms with E-state index in [0.717, 1.165) is 39.1 Å². The number of benzene rings is 2. The van der Waals surface area contributed by atoms with Crippen LogP contribution in [0.4, 0.5) is 0 Å². The number of rotatable bonds is 2. The molecule has 1 aliphatic rings. The van der Waals surface area contributed by atoms with E-state index in [2.05, 4.69) is 44.8 Å². The second kappa shape index (κ2) is 6.09. The highest BCUT2D eigenvalue weighted by Crippen LogP contribution is 2.28. The molecule has 1 saturated heterocycles. The molecule has 2 aromatic carbocycles. The highest BCUT2D eigenvalue weighted by molar-refractivity contribution is 9.10. The van der Waals surface area contributed by atoms with Gasteiger partial charge in [-0.05, 0) is 47.4 Å². The molecule has 0 aliphatic carbocycles. The van der Waals surface area contributed by atoms with Crippen LogP contribution in [0.1, 0.15) is 23.7 Å². The van der Waals surface area contributed by atoms with Crippen LogP contribution in [0, 0.1) is 5.92 Å². The van der Waals surface area contributed by atoms with Gasteiger partial charge in [0.15, 0.2) is 0 Å². The van der Waals surface area contributed by atoms with Gasteiger partial charge in [0.2, 0.25) is 0 Å². The lowest BCUT2D eigenvalue weighted by Crippen LogP contribution is -2.38.